The van der Waals surface area contributed by atoms with Gasteiger partial charge in [0.1, 0.15) is 23.4 Å². The Morgan fingerprint density at radius 2 is 1.81 bits per heavy atom. The molecule has 2 aromatic carbocycles. The Hall–Kier alpha value is -2.61. The van der Waals surface area contributed by atoms with Gasteiger partial charge in [-0.1, -0.05) is 6.07 Å². The zero-order valence-electron chi connectivity index (χ0n) is 11.0. The lowest BCUT2D eigenvalue weighted by Gasteiger charge is -2.10. The Balaban J connectivity index is 2.43. The molecule has 0 aliphatic carbocycles. The zero-order valence-corrected chi connectivity index (χ0v) is 11.0. The van der Waals surface area contributed by atoms with Crippen molar-refractivity contribution in [3.05, 3.63) is 70.5 Å². The Kier molecular flexibility index (Phi) is 4.08. The van der Waals surface area contributed by atoms with Crippen LogP contribution in [0.5, 0.6) is 0 Å². The van der Waals surface area contributed by atoms with Crippen molar-refractivity contribution in [2.45, 2.75) is 12.8 Å². The summed E-state index contributed by atoms with van der Waals surface area (Å²) in [5, 5.41) is 9.12. The highest BCUT2D eigenvalue weighted by molar-refractivity contribution is 6.02. The molecule has 5 heteroatoms. The molecule has 0 aromatic heterocycles. The average Bonchev–Trinajstić information content (AvgIpc) is 2.44. The van der Waals surface area contributed by atoms with Gasteiger partial charge in [-0.15, -0.1) is 0 Å². The van der Waals surface area contributed by atoms with Crippen LogP contribution in [0.15, 0.2) is 36.4 Å². The number of nitriles is 1. The SMILES string of the molecule is Cc1cc(C(=O)C(C#N)c2ccc(F)cc2F)ccc1F. The van der Waals surface area contributed by atoms with E-state index in [1.54, 1.807) is 6.07 Å². The monoisotopic (exact) mass is 289 g/mol. The lowest BCUT2D eigenvalue weighted by atomic mass is 9.91. The van der Waals surface area contributed by atoms with Gasteiger partial charge in [-0.3, -0.25) is 4.79 Å². The minimum absolute atomic E-state index is 0.101. The van der Waals surface area contributed by atoms with E-state index in [1.165, 1.54) is 19.1 Å². The van der Waals surface area contributed by atoms with E-state index in [1.807, 2.05) is 0 Å². The van der Waals surface area contributed by atoms with E-state index >= 15 is 0 Å². The van der Waals surface area contributed by atoms with Gasteiger partial charge in [0.05, 0.1) is 6.07 Å². The van der Waals surface area contributed by atoms with Crippen LogP contribution in [0.2, 0.25) is 0 Å². The molecule has 21 heavy (non-hydrogen) atoms. The Bertz CT molecular complexity index is 750. The molecule has 0 radical (unpaired) electrons. The molecule has 106 valence electrons. The topological polar surface area (TPSA) is 40.9 Å². The van der Waals surface area contributed by atoms with Crippen LogP contribution in [0.4, 0.5) is 13.2 Å². The quantitative estimate of drug-likeness (QED) is 0.804. The van der Waals surface area contributed by atoms with Gasteiger partial charge in [-0.05, 0) is 36.8 Å². The number of hydrogen-bond donors (Lipinski definition) is 0. The fraction of sp³-hybridized carbons (Fsp3) is 0.125. The van der Waals surface area contributed by atoms with Crippen molar-refractivity contribution in [3.8, 4) is 6.07 Å². The summed E-state index contributed by atoms with van der Waals surface area (Å²) in [5.74, 6) is -4.30. The number of aryl methyl sites for hydroxylation is 1. The highest BCUT2D eigenvalue weighted by Gasteiger charge is 2.25. The van der Waals surface area contributed by atoms with E-state index < -0.39 is 29.2 Å². The lowest BCUT2D eigenvalue weighted by Crippen LogP contribution is -2.13. The number of benzene rings is 2. The molecule has 0 amide bonds. The summed E-state index contributed by atoms with van der Waals surface area (Å²) >= 11 is 0. The number of hydrogen-bond acceptors (Lipinski definition) is 2. The van der Waals surface area contributed by atoms with E-state index in [2.05, 4.69) is 0 Å². The van der Waals surface area contributed by atoms with Gasteiger partial charge >= 0.3 is 0 Å². The first-order valence-electron chi connectivity index (χ1n) is 6.09. The van der Waals surface area contributed by atoms with Gasteiger partial charge in [0.25, 0.3) is 0 Å². The van der Waals surface area contributed by atoms with Crippen LogP contribution >= 0.6 is 0 Å². The molecule has 2 nitrogen and oxygen atoms in total. The van der Waals surface area contributed by atoms with E-state index in [4.69, 9.17) is 5.26 Å². The van der Waals surface area contributed by atoms with Crippen LogP contribution in [-0.2, 0) is 0 Å². The number of rotatable bonds is 3. The van der Waals surface area contributed by atoms with E-state index in [-0.39, 0.29) is 16.7 Å². The number of nitrogens with zero attached hydrogens (tertiary/aromatic N) is 1. The first-order valence-corrected chi connectivity index (χ1v) is 6.09. The van der Waals surface area contributed by atoms with Gasteiger partial charge in [-0.2, -0.15) is 5.26 Å². The third kappa shape index (κ3) is 2.95. The molecule has 0 N–H and O–H groups in total. The van der Waals surface area contributed by atoms with Gasteiger partial charge in [-0.25, -0.2) is 13.2 Å². The van der Waals surface area contributed by atoms with E-state index in [0.717, 1.165) is 18.2 Å². The van der Waals surface area contributed by atoms with Crippen molar-refractivity contribution in [2.75, 3.05) is 0 Å². The van der Waals surface area contributed by atoms with Gasteiger partial charge in [0.2, 0.25) is 0 Å². The summed E-state index contributed by atoms with van der Waals surface area (Å²) in [4.78, 5) is 12.3. The smallest absolute Gasteiger partial charge is 0.184 e. The number of halogens is 3. The Morgan fingerprint density at radius 1 is 1.10 bits per heavy atom. The largest absolute Gasteiger partial charge is 0.292 e. The van der Waals surface area contributed by atoms with Gasteiger partial charge in [0, 0.05) is 17.2 Å². The third-order valence-corrected chi connectivity index (χ3v) is 3.11. The standard InChI is InChI=1S/C16H10F3NO/c1-9-6-10(2-5-14(9)18)16(21)13(8-20)12-4-3-11(17)7-15(12)19/h2-7,13H,1H3. The molecule has 0 saturated heterocycles. The molecule has 0 spiro atoms. The molecule has 0 bridgehead atoms. The average molecular weight is 289 g/mol. The van der Waals surface area contributed by atoms with Crippen LogP contribution in [0.25, 0.3) is 0 Å². The summed E-state index contributed by atoms with van der Waals surface area (Å²) in [5.41, 5.74) is 0.146. The van der Waals surface area contributed by atoms with Crippen molar-refractivity contribution in [1.29, 1.82) is 5.26 Å². The van der Waals surface area contributed by atoms with Crippen molar-refractivity contribution in [1.82, 2.24) is 0 Å². The highest BCUT2D eigenvalue weighted by atomic mass is 19.1. The lowest BCUT2D eigenvalue weighted by molar-refractivity contribution is 0.0977. The van der Waals surface area contributed by atoms with Crippen LogP contribution in [0.3, 0.4) is 0 Å². The number of ketones is 1. The van der Waals surface area contributed by atoms with Crippen molar-refractivity contribution in [2.24, 2.45) is 0 Å². The molecule has 0 aliphatic rings. The molecule has 1 unspecified atom stereocenters. The Labute approximate surface area is 119 Å². The number of Topliss-reactive ketones (excluding diaryl/α,β-unsaturated/α-hetero) is 1. The predicted molar refractivity (Wildman–Crippen MR) is 70.2 cm³/mol. The highest BCUT2D eigenvalue weighted by Crippen LogP contribution is 2.24. The first-order chi connectivity index (χ1) is 9.93. The van der Waals surface area contributed by atoms with E-state index in [0.29, 0.717) is 6.07 Å². The van der Waals surface area contributed by atoms with Crippen molar-refractivity contribution < 1.29 is 18.0 Å². The minimum atomic E-state index is -1.41. The predicted octanol–water partition coefficient (Wildman–Crippen LogP) is 3.90. The third-order valence-electron chi connectivity index (χ3n) is 3.11. The second kappa shape index (κ2) is 5.80. The fourth-order valence-corrected chi connectivity index (χ4v) is 1.97. The van der Waals surface area contributed by atoms with Gasteiger partial charge < -0.3 is 0 Å². The normalized spacial score (nSPS) is 11.8. The summed E-state index contributed by atoms with van der Waals surface area (Å²) in [6.07, 6.45) is 0. The molecule has 0 heterocycles. The molecule has 2 rings (SSSR count). The fourth-order valence-electron chi connectivity index (χ4n) is 1.97. The number of carbonyl (C=O) groups excluding carboxylic acids is 1. The molecule has 0 fully saturated rings. The van der Waals surface area contributed by atoms with Crippen LogP contribution in [-0.4, -0.2) is 5.78 Å². The van der Waals surface area contributed by atoms with Gasteiger partial charge in [0.15, 0.2) is 5.78 Å². The molecule has 0 aliphatic heterocycles. The molecule has 2 aromatic rings. The molecular formula is C16H10F3NO. The zero-order chi connectivity index (χ0) is 15.6. The summed E-state index contributed by atoms with van der Waals surface area (Å²) < 4.78 is 39.8. The Morgan fingerprint density at radius 3 is 2.38 bits per heavy atom. The van der Waals surface area contributed by atoms with Crippen molar-refractivity contribution in [3.63, 3.8) is 0 Å². The summed E-state index contributed by atoms with van der Waals surface area (Å²) in [7, 11) is 0. The summed E-state index contributed by atoms with van der Waals surface area (Å²) in [6, 6.07) is 8.00. The minimum Gasteiger partial charge on any atom is -0.292 e. The second-order valence-electron chi connectivity index (χ2n) is 4.56. The maximum absolute atomic E-state index is 13.7. The van der Waals surface area contributed by atoms with Crippen molar-refractivity contribution >= 4 is 5.78 Å². The van der Waals surface area contributed by atoms with Crippen LogP contribution in [0.1, 0.15) is 27.4 Å². The van der Waals surface area contributed by atoms with Crippen LogP contribution in [0, 0.1) is 35.7 Å². The first kappa shape index (κ1) is 14.8. The van der Waals surface area contributed by atoms with Crippen LogP contribution < -0.4 is 0 Å². The summed E-state index contributed by atoms with van der Waals surface area (Å²) in [6.45, 7) is 1.48. The maximum Gasteiger partial charge on any atom is 0.184 e. The maximum atomic E-state index is 13.7. The molecule has 1 atom stereocenters. The second-order valence-corrected chi connectivity index (χ2v) is 4.56. The molecule has 0 saturated carbocycles. The van der Waals surface area contributed by atoms with E-state index in [9.17, 15) is 18.0 Å². The molecular weight excluding hydrogens is 279 g/mol. The number of carbonyl (C=O) groups is 1.